The van der Waals surface area contributed by atoms with E-state index in [0.717, 1.165) is 6.44 Å². The van der Waals surface area contributed by atoms with Gasteiger partial charge in [-0.3, -0.25) is 0 Å². The molecule has 1 fully saturated rings. The van der Waals surface area contributed by atoms with Crippen LogP contribution in [0.2, 0.25) is 0 Å². The van der Waals surface area contributed by atoms with Crippen molar-refractivity contribution >= 4 is 7.85 Å². The lowest BCUT2D eigenvalue weighted by molar-refractivity contribution is 0.397. The van der Waals surface area contributed by atoms with Crippen LogP contribution in [-0.4, -0.2) is 32.3 Å². The lowest BCUT2D eigenvalue weighted by Gasteiger charge is -2.08. The van der Waals surface area contributed by atoms with E-state index in [9.17, 15) is 0 Å². The van der Waals surface area contributed by atoms with Gasteiger partial charge >= 0.3 is 0 Å². The van der Waals surface area contributed by atoms with Crippen molar-refractivity contribution in [3.05, 3.63) is 0 Å². The van der Waals surface area contributed by atoms with Crippen LogP contribution in [0.4, 0.5) is 0 Å². The van der Waals surface area contributed by atoms with Gasteiger partial charge in [0.2, 0.25) is 0 Å². The highest BCUT2D eigenvalue weighted by atomic mass is 15.1. The quantitative estimate of drug-likeness (QED) is 0.420. The van der Waals surface area contributed by atoms with Gasteiger partial charge in [0.15, 0.2) is 0 Å². The number of nitrogens with zero attached hydrogens (tertiary/aromatic N) is 1. The number of hydrogen-bond acceptors (Lipinski definition) is 1. The average Bonchev–Trinajstić information content (AvgIpc) is 2.14. The molecule has 1 aliphatic heterocycles. The van der Waals surface area contributed by atoms with Crippen LogP contribution in [0.5, 0.6) is 0 Å². The van der Waals surface area contributed by atoms with Crippen LogP contribution in [0, 0.1) is 0 Å². The Balaban J connectivity index is 2.14. The second kappa shape index (κ2) is 2.36. The molecule has 38 valence electrons. The second-order valence-electron chi connectivity index (χ2n) is 2.01. The van der Waals surface area contributed by atoms with Crippen molar-refractivity contribution in [1.29, 1.82) is 0 Å². The molecule has 1 heterocycles. The van der Waals surface area contributed by atoms with Crippen LogP contribution in [0.1, 0.15) is 12.8 Å². The van der Waals surface area contributed by atoms with Crippen molar-refractivity contribution < 1.29 is 0 Å². The van der Waals surface area contributed by atoms with Crippen LogP contribution >= 0.6 is 0 Å². The fourth-order valence-corrected chi connectivity index (χ4v) is 0.965. The number of hydrogen-bond donors (Lipinski definition) is 0. The third-order valence-electron chi connectivity index (χ3n) is 1.46. The molecule has 0 bridgehead atoms. The summed E-state index contributed by atoms with van der Waals surface area (Å²) in [6, 6.07) is 0. The van der Waals surface area contributed by atoms with Crippen LogP contribution < -0.4 is 0 Å². The fourth-order valence-electron chi connectivity index (χ4n) is 0.965. The van der Waals surface area contributed by atoms with Gasteiger partial charge in [0.05, 0.1) is 7.85 Å². The van der Waals surface area contributed by atoms with E-state index < -0.39 is 0 Å². The molecule has 0 aromatic carbocycles. The highest BCUT2D eigenvalue weighted by molar-refractivity contribution is 6.08. The second-order valence-corrected chi connectivity index (χ2v) is 2.01. The summed E-state index contributed by atoms with van der Waals surface area (Å²) in [7, 11) is 5.36. The Labute approximate surface area is 46.1 Å². The van der Waals surface area contributed by atoms with E-state index in [2.05, 4.69) is 4.90 Å². The molecule has 0 spiro atoms. The van der Waals surface area contributed by atoms with Crippen molar-refractivity contribution in [2.45, 2.75) is 12.8 Å². The van der Waals surface area contributed by atoms with Gasteiger partial charge in [0.25, 0.3) is 0 Å². The molecule has 1 aliphatic rings. The van der Waals surface area contributed by atoms with Crippen molar-refractivity contribution in [2.24, 2.45) is 0 Å². The molecule has 2 radical (unpaired) electrons. The van der Waals surface area contributed by atoms with Gasteiger partial charge in [-0.05, 0) is 32.4 Å². The largest absolute Gasteiger partial charge is 0.312 e. The zero-order chi connectivity index (χ0) is 5.11. The highest BCUT2D eigenvalue weighted by Gasteiger charge is 2.06. The predicted octanol–water partition coefficient (Wildman–Crippen LogP) is 0.208. The maximum Gasteiger partial charge on any atom is 0.0863 e. The van der Waals surface area contributed by atoms with Gasteiger partial charge in [-0.15, -0.1) is 0 Å². The fraction of sp³-hybridized carbons (Fsp3) is 1.00. The summed E-state index contributed by atoms with van der Waals surface area (Å²) in [5.74, 6) is 0. The van der Waals surface area contributed by atoms with Crippen LogP contribution in [0.25, 0.3) is 0 Å². The molecular formula is C5H10BN. The first kappa shape index (κ1) is 5.17. The van der Waals surface area contributed by atoms with Gasteiger partial charge in [0, 0.05) is 0 Å². The molecule has 7 heavy (non-hydrogen) atoms. The molecule has 0 aromatic rings. The van der Waals surface area contributed by atoms with Crippen molar-refractivity contribution in [2.75, 3.05) is 19.5 Å². The van der Waals surface area contributed by atoms with Crippen molar-refractivity contribution in [3.8, 4) is 0 Å². The maximum atomic E-state index is 5.36. The van der Waals surface area contributed by atoms with E-state index in [1.54, 1.807) is 0 Å². The summed E-state index contributed by atoms with van der Waals surface area (Å²) in [6.45, 7) is 2.44. The van der Waals surface area contributed by atoms with E-state index in [-0.39, 0.29) is 0 Å². The van der Waals surface area contributed by atoms with E-state index in [0.29, 0.717) is 0 Å². The summed E-state index contributed by atoms with van der Waals surface area (Å²) in [4.78, 5) is 2.26. The molecule has 0 aliphatic carbocycles. The zero-order valence-electron chi connectivity index (χ0n) is 4.56. The van der Waals surface area contributed by atoms with Crippen LogP contribution in [0.15, 0.2) is 0 Å². The average molecular weight is 95.0 g/mol. The Morgan fingerprint density at radius 3 is 2.14 bits per heavy atom. The van der Waals surface area contributed by atoms with Gasteiger partial charge in [-0.25, -0.2) is 0 Å². The van der Waals surface area contributed by atoms with Gasteiger partial charge in [-0.1, -0.05) is 0 Å². The summed E-state index contributed by atoms with van der Waals surface area (Å²) in [5.41, 5.74) is 0. The van der Waals surface area contributed by atoms with E-state index in [1.165, 1.54) is 25.9 Å². The molecule has 2 heteroatoms. The van der Waals surface area contributed by atoms with Gasteiger partial charge < -0.3 is 4.90 Å². The minimum Gasteiger partial charge on any atom is -0.312 e. The van der Waals surface area contributed by atoms with Crippen molar-refractivity contribution in [3.63, 3.8) is 0 Å². The van der Waals surface area contributed by atoms with Crippen LogP contribution in [-0.2, 0) is 0 Å². The Kier molecular flexibility index (Phi) is 1.74. The van der Waals surface area contributed by atoms with E-state index in [4.69, 9.17) is 7.85 Å². The molecule has 1 rings (SSSR count). The summed E-state index contributed by atoms with van der Waals surface area (Å²) < 4.78 is 0. The first-order valence-corrected chi connectivity index (χ1v) is 2.86. The van der Waals surface area contributed by atoms with Crippen LogP contribution in [0.3, 0.4) is 0 Å². The molecule has 0 N–H and O–H groups in total. The third kappa shape index (κ3) is 1.20. The molecular weight excluding hydrogens is 84.9 g/mol. The highest BCUT2D eigenvalue weighted by Crippen LogP contribution is 2.04. The first-order valence-electron chi connectivity index (χ1n) is 2.86. The summed E-state index contributed by atoms with van der Waals surface area (Å²) in [6.07, 6.45) is 3.44. The minimum absolute atomic E-state index is 0.750. The monoisotopic (exact) mass is 95.1 g/mol. The number of likely N-dealkylation sites (tertiary alicyclic amines) is 1. The maximum absolute atomic E-state index is 5.36. The predicted molar refractivity (Wildman–Crippen MR) is 31.4 cm³/mol. The van der Waals surface area contributed by atoms with Gasteiger partial charge in [0.1, 0.15) is 0 Å². The standard InChI is InChI=1S/C5H10BN/c6-5-7-3-1-2-4-7/h1-5H2. The first-order chi connectivity index (χ1) is 3.43. The minimum atomic E-state index is 0.750. The van der Waals surface area contributed by atoms with E-state index >= 15 is 0 Å². The molecule has 1 nitrogen and oxygen atoms in total. The van der Waals surface area contributed by atoms with Crippen molar-refractivity contribution in [1.82, 2.24) is 4.90 Å². The molecule has 1 saturated heterocycles. The molecule has 0 saturated carbocycles. The lowest BCUT2D eigenvalue weighted by atomic mass is 10.1. The lowest BCUT2D eigenvalue weighted by Crippen LogP contribution is -2.19. The van der Waals surface area contributed by atoms with Gasteiger partial charge in [-0.2, -0.15) is 0 Å². The molecule has 0 unspecified atom stereocenters. The molecule has 0 atom stereocenters. The van der Waals surface area contributed by atoms with E-state index in [1.807, 2.05) is 0 Å². The molecule has 0 amide bonds. The Hall–Kier alpha value is 0.0249. The third-order valence-corrected chi connectivity index (χ3v) is 1.46. The SMILES string of the molecule is [B]CN1CCCC1. The summed E-state index contributed by atoms with van der Waals surface area (Å²) in [5, 5.41) is 0. The molecule has 0 aromatic heterocycles. The smallest absolute Gasteiger partial charge is 0.0863 e. The Morgan fingerprint density at radius 2 is 1.86 bits per heavy atom. The zero-order valence-corrected chi connectivity index (χ0v) is 4.56. The normalized spacial score (nSPS) is 23.4. The Bertz CT molecular complexity index is 50.0. The summed E-state index contributed by atoms with van der Waals surface area (Å²) >= 11 is 0. The Morgan fingerprint density at radius 1 is 1.29 bits per heavy atom. The number of rotatable bonds is 1. The topological polar surface area (TPSA) is 3.24 Å².